The highest BCUT2D eigenvalue weighted by Crippen LogP contribution is 2.52. The predicted octanol–water partition coefficient (Wildman–Crippen LogP) is 7.45. The van der Waals surface area contributed by atoms with Gasteiger partial charge in [0.1, 0.15) is 29.7 Å². The van der Waals surface area contributed by atoms with Gasteiger partial charge in [-0.2, -0.15) is 0 Å². The summed E-state index contributed by atoms with van der Waals surface area (Å²) in [5.41, 5.74) is 2.68. The molecule has 3 aromatic rings. The summed E-state index contributed by atoms with van der Waals surface area (Å²) in [4.78, 5) is 30.3. The first kappa shape index (κ1) is 36.7. The second-order valence-corrected chi connectivity index (χ2v) is 11.3. The van der Waals surface area contributed by atoms with Gasteiger partial charge in [0, 0.05) is 68.1 Å². The summed E-state index contributed by atoms with van der Waals surface area (Å²) < 4.78 is 26.8. The number of carbonyl (C=O) groups is 1. The molecule has 0 atom stereocenters. The molecule has 46 heavy (non-hydrogen) atoms. The monoisotopic (exact) mass is 636 g/mol. The number of pyridine rings is 1. The summed E-state index contributed by atoms with van der Waals surface area (Å²) in [6.45, 7) is 21.7. The van der Waals surface area contributed by atoms with Crippen molar-refractivity contribution in [2.75, 3.05) is 31.1 Å². The summed E-state index contributed by atoms with van der Waals surface area (Å²) in [5, 5.41) is 3.41. The summed E-state index contributed by atoms with van der Waals surface area (Å²) in [6, 6.07) is 5.97. The molecule has 0 unspecified atom stereocenters. The molecule has 1 N–H and O–H groups in total. The van der Waals surface area contributed by atoms with Crippen molar-refractivity contribution in [3.05, 3.63) is 65.6 Å². The van der Waals surface area contributed by atoms with Crippen LogP contribution in [0.3, 0.4) is 0 Å². The third kappa shape index (κ3) is 8.13. The lowest BCUT2D eigenvalue weighted by atomic mass is 9.61. The molecule has 3 aliphatic rings. The average molecular weight is 637 g/mol. The number of hydrogen-bond acceptors (Lipinski definition) is 8. The van der Waals surface area contributed by atoms with Crippen molar-refractivity contribution in [2.24, 2.45) is 5.41 Å². The molecular formula is C36H53FN6O3. The summed E-state index contributed by atoms with van der Waals surface area (Å²) in [5.74, 6) is 1.56. The summed E-state index contributed by atoms with van der Waals surface area (Å²) in [6.07, 6.45) is 8.02. The Morgan fingerprint density at radius 1 is 1.07 bits per heavy atom. The maximum absolute atomic E-state index is 14.2. The second kappa shape index (κ2) is 17.2. The van der Waals surface area contributed by atoms with Crippen molar-refractivity contribution in [1.29, 1.82) is 0 Å². The fourth-order valence-corrected chi connectivity index (χ4v) is 6.19. The maximum atomic E-state index is 14.2. The Morgan fingerprint density at radius 2 is 1.78 bits per heavy atom. The van der Waals surface area contributed by atoms with E-state index in [4.69, 9.17) is 9.47 Å². The van der Waals surface area contributed by atoms with Gasteiger partial charge >= 0.3 is 0 Å². The highest BCUT2D eigenvalue weighted by Gasteiger charge is 2.54. The third-order valence-electron chi connectivity index (χ3n) is 8.19. The Balaban J connectivity index is 0.000000908. The Bertz CT molecular complexity index is 1400. The SMILES string of the molecule is CC.CC.CC.CCN(C(=O)c1cc(F)ccc1Oc1cncnc1N1CC2(CC(Oc3ccnc4c3CNCC4)C2)C1)C(C)C. The molecule has 2 fully saturated rings. The first-order valence-electron chi connectivity index (χ1n) is 17.0. The molecule has 1 saturated carbocycles. The molecule has 2 aromatic heterocycles. The van der Waals surface area contributed by atoms with E-state index in [1.165, 1.54) is 30.1 Å². The van der Waals surface area contributed by atoms with E-state index in [2.05, 4.69) is 25.2 Å². The zero-order valence-electron chi connectivity index (χ0n) is 29.2. The van der Waals surface area contributed by atoms with Crippen LogP contribution in [-0.2, 0) is 13.0 Å². The van der Waals surface area contributed by atoms with Crippen LogP contribution in [0.2, 0.25) is 0 Å². The number of rotatable bonds is 8. The van der Waals surface area contributed by atoms with Gasteiger partial charge in [-0.25, -0.2) is 14.4 Å². The number of anilines is 1. The van der Waals surface area contributed by atoms with E-state index in [0.717, 1.165) is 56.9 Å². The van der Waals surface area contributed by atoms with Crippen LogP contribution in [0, 0.1) is 11.2 Å². The third-order valence-corrected chi connectivity index (χ3v) is 8.19. The fraction of sp³-hybridized carbons (Fsp3) is 0.556. The Morgan fingerprint density at radius 3 is 2.46 bits per heavy atom. The van der Waals surface area contributed by atoms with Crippen LogP contribution in [0.1, 0.15) is 96.8 Å². The number of aromatic nitrogens is 3. The number of halogens is 1. The highest BCUT2D eigenvalue weighted by molar-refractivity contribution is 5.97. The summed E-state index contributed by atoms with van der Waals surface area (Å²) >= 11 is 0. The van der Waals surface area contributed by atoms with E-state index in [9.17, 15) is 9.18 Å². The number of amides is 1. The van der Waals surface area contributed by atoms with Gasteiger partial charge in [0.2, 0.25) is 0 Å². The number of nitrogens with zero attached hydrogens (tertiary/aromatic N) is 5. The number of hydrogen-bond donors (Lipinski definition) is 1. The van der Waals surface area contributed by atoms with Crippen LogP contribution in [0.4, 0.5) is 10.2 Å². The second-order valence-electron chi connectivity index (χ2n) is 11.3. The lowest BCUT2D eigenvalue weighted by molar-refractivity contribution is -0.0349. The van der Waals surface area contributed by atoms with Gasteiger partial charge in [-0.1, -0.05) is 41.5 Å². The molecule has 6 rings (SSSR count). The molecule has 1 spiro atoms. The largest absolute Gasteiger partial charge is 0.490 e. The van der Waals surface area contributed by atoms with Gasteiger partial charge in [0.25, 0.3) is 5.91 Å². The van der Waals surface area contributed by atoms with Crippen LogP contribution in [-0.4, -0.2) is 64.1 Å². The normalized spacial score (nSPS) is 15.8. The van der Waals surface area contributed by atoms with Crippen LogP contribution in [0.15, 0.2) is 43.0 Å². The number of nitrogens with one attached hydrogen (secondary N) is 1. The first-order valence-corrected chi connectivity index (χ1v) is 17.0. The van der Waals surface area contributed by atoms with E-state index < -0.39 is 5.82 Å². The lowest BCUT2D eigenvalue weighted by Crippen LogP contribution is -2.65. The van der Waals surface area contributed by atoms with Crippen LogP contribution >= 0.6 is 0 Å². The van der Waals surface area contributed by atoms with Crippen molar-refractivity contribution in [1.82, 2.24) is 25.2 Å². The van der Waals surface area contributed by atoms with Gasteiger partial charge in [0.15, 0.2) is 11.6 Å². The number of benzene rings is 1. The van der Waals surface area contributed by atoms with Crippen molar-refractivity contribution in [3.8, 4) is 17.2 Å². The quantitative estimate of drug-likeness (QED) is 0.273. The number of carbonyl (C=O) groups excluding carboxylic acids is 1. The zero-order valence-corrected chi connectivity index (χ0v) is 29.2. The number of fused-ring (bicyclic) bond motifs is 1. The highest BCUT2D eigenvalue weighted by atomic mass is 19.1. The fourth-order valence-electron chi connectivity index (χ4n) is 6.19. The molecule has 0 radical (unpaired) electrons. The van der Waals surface area contributed by atoms with Crippen molar-refractivity contribution in [3.63, 3.8) is 0 Å². The molecule has 4 heterocycles. The molecule has 252 valence electrons. The Labute approximate surface area is 274 Å². The lowest BCUT2D eigenvalue weighted by Gasteiger charge is -2.59. The molecule has 1 aromatic carbocycles. The summed E-state index contributed by atoms with van der Waals surface area (Å²) in [7, 11) is 0. The van der Waals surface area contributed by atoms with E-state index in [1.54, 1.807) is 11.1 Å². The van der Waals surface area contributed by atoms with Gasteiger partial charge in [-0.3, -0.25) is 9.78 Å². The zero-order chi connectivity index (χ0) is 33.9. The average Bonchev–Trinajstić information content (AvgIpc) is 3.06. The van der Waals surface area contributed by atoms with Gasteiger partial charge in [-0.15, -0.1) is 0 Å². The Hall–Kier alpha value is -3.79. The van der Waals surface area contributed by atoms with E-state index in [0.29, 0.717) is 18.1 Å². The van der Waals surface area contributed by atoms with Crippen molar-refractivity contribution in [2.45, 2.75) is 100 Å². The van der Waals surface area contributed by atoms with Gasteiger partial charge in [-0.05, 0) is 57.9 Å². The minimum absolute atomic E-state index is 0.0301. The molecule has 2 aliphatic heterocycles. The van der Waals surface area contributed by atoms with Crippen molar-refractivity contribution >= 4 is 11.7 Å². The topological polar surface area (TPSA) is 92.7 Å². The molecule has 1 aliphatic carbocycles. The van der Waals surface area contributed by atoms with Gasteiger partial charge < -0.3 is 24.6 Å². The molecule has 10 heteroatoms. The van der Waals surface area contributed by atoms with Crippen LogP contribution in [0.5, 0.6) is 17.2 Å². The minimum Gasteiger partial charge on any atom is -0.490 e. The Kier molecular flexibility index (Phi) is 13.7. The molecule has 0 bridgehead atoms. The van der Waals surface area contributed by atoms with Crippen LogP contribution in [0.25, 0.3) is 0 Å². The first-order chi connectivity index (χ1) is 22.4. The number of ether oxygens (including phenoxy) is 2. The predicted molar refractivity (Wildman–Crippen MR) is 182 cm³/mol. The maximum Gasteiger partial charge on any atom is 0.257 e. The van der Waals surface area contributed by atoms with Gasteiger partial charge in [0.05, 0.1) is 11.8 Å². The molecule has 9 nitrogen and oxygen atoms in total. The smallest absolute Gasteiger partial charge is 0.257 e. The standard InChI is InChI=1S/C30H35FN6O3.3C2H6/c1-4-37(19(2)3)29(38)22-11-20(31)5-6-25(22)40-27-15-33-18-35-28(27)36-16-30(17-36)12-21(13-30)39-26-8-10-34-24-7-9-32-14-23(24)26;3*1-2/h5-6,8,10-11,15,18-19,21,32H,4,7,9,12-14,16-17H2,1-3H3;3*1-2H3. The van der Waals surface area contributed by atoms with E-state index in [1.807, 2.05) is 74.6 Å². The van der Waals surface area contributed by atoms with Crippen molar-refractivity contribution < 1.29 is 18.7 Å². The van der Waals surface area contributed by atoms with Crippen LogP contribution < -0.4 is 19.7 Å². The molecular weight excluding hydrogens is 583 g/mol. The molecule has 1 saturated heterocycles. The van der Waals surface area contributed by atoms with E-state index in [-0.39, 0.29) is 34.8 Å². The minimum atomic E-state index is -0.491. The molecule has 1 amide bonds. The van der Waals surface area contributed by atoms with E-state index >= 15 is 0 Å².